The Bertz CT molecular complexity index is 465. The van der Waals surface area contributed by atoms with Crippen LogP contribution in [0.25, 0.3) is 0 Å². The maximum absolute atomic E-state index is 12.6. The largest absolute Gasteiger partial charge is 0.420 e. The third kappa shape index (κ3) is 2.16. The molecule has 0 aliphatic rings. The van der Waals surface area contributed by atoms with Gasteiger partial charge in [-0.25, -0.2) is 0 Å². The first kappa shape index (κ1) is 10.5. The highest BCUT2D eigenvalue weighted by Crippen LogP contribution is 2.35. The molecule has 0 N–H and O–H groups in total. The number of hydrogen-bond acceptors (Lipinski definition) is 2. The van der Waals surface area contributed by atoms with Gasteiger partial charge in [-0.05, 0) is 18.2 Å². The lowest BCUT2D eigenvalue weighted by atomic mass is 10.2. The van der Waals surface area contributed by atoms with Crippen molar-refractivity contribution in [2.75, 3.05) is 0 Å². The number of alkyl halides is 3. The highest BCUT2D eigenvalue weighted by molar-refractivity contribution is 5.35. The van der Waals surface area contributed by atoms with Gasteiger partial charge in [-0.15, -0.1) is 9.94 Å². The molecule has 1 heterocycles. The molecule has 0 fully saturated rings. The fourth-order valence-electron chi connectivity index (χ4n) is 1.19. The standard InChI is InChI=1S/C10H7F3N2O/c11-10(12,13)8-4-1-2-5-9(8)16-15-7-3-6-14-15/h1-7H. The number of hydrogen-bond donors (Lipinski definition) is 0. The Hall–Kier alpha value is -1.98. The average molecular weight is 228 g/mol. The van der Waals surface area contributed by atoms with Crippen molar-refractivity contribution >= 4 is 0 Å². The molecule has 0 saturated heterocycles. The quantitative estimate of drug-likeness (QED) is 0.790. The van der Waals surface area contributed by atoms with Crippen LogP contribution >= 0.6 is 0 Å². The maximum Gasteiger partial charge on any atom is 0.420 e. The number of rotatable bonds is 2. The predicted octanol–water partition coefficient (Wildman–Crippen LogP) is 2.74. The molecule has 2 aromatic rings. The Kier molecular flexibility index (Phi) is 2.55. The zero-order valence-corrected chi connectivity index (χ0v) is 7.98. The van der Waals surface area contributed by atoms with Crippen molar-refractivity contribution in [2.45, 2.75) is 6.18 Å². The fraction of sp³-hybridized carbons (Fsp3) is 0.100. The molecule has 0 aliphatic heterocycles. The normalized spacial score (nSPS) is 11.4. The summed E-state index contributed by atoms with van der Waals surface area (Å²) >= 11 is 0. The van der Waals surface area contributed by atoms with Crippen molar-refractivity contribution in [1.82, 2.24) is 9.94 Å². The fourth-order valence-corrected chi connectivity index (χ4v) is 1.19. The van der Waals surface area contributed by atoms with Crippen molar-refractivity contribution in [3.05, 3.63) is 48.3 Å². The summed E-state index contributed by atoms with van der Waals surface area (Å²) in [4.78, 5) is 5.92. The number of benzene rings is 1. The molecule has 1 aromatic heterocycles. The van der Waals surface area contributed by atoms with E-state index < -0.39 is 11.7 Å². The Labute approximate surface area is 89.0 Å². The molecule has 0 aliphatic carbocycles. The van der Waals surface area contributed by atoms with Gasteiger partial charge >= 0.3 is 6.18 Å². The third-order valence-electron chi connectivity index (χ3n) is 1.86. The molecule has 0 saturated carbocycles. The van der Waals surface area contributed by atoms with Crippen LogP contribution in [0.4, 0.5) is 13.2 Å². The molecule has 0 amide bonds. The van der Waals surface area contributed by atoms with Gasteiger partial charge in [0, 0.05) is 0 Å². The summed E-state index contributed by atoms with van der Waals surface area (Å²) in [5.41, 5.74) is -0.828. The minimum atomic E-state index is -4.44. The average Bonchev–Trinajstić information content (AvgIpc) is 2.70. The lowest BCUT2D eigenvalue weighted by Crippen LogP contribution is -2.12. The first-order chi connectivity index (χ1) is 7.57. The summed E-state index contributed by atoms with van der Waals surface area (Å²) in [5.74, 6) is -0.279. The molecule has 16 heavy (non-hydrogen) atoms. The van der Waals surface area contributed by atoms with Crippen LogP contribution in [0.15, 0.2) is 42.7 Å². The summed E-state index contributed by atoms with van der Waals surface area (Å²) in [7, 11) is 0. The molecule has 2 rings (SSSR count). The van der Waals surface area contributed by atoms with Crippen LogP contribution in [0.2, 0.25) is 0 Å². The topological polar surface area (TPSA) is 27.1 Å². The zero-order valence-electron chi connectivity index (χ0n) is 7.98. The molecular weight excluding hydrogens is 221 g/mol. The molecule has 84 valence electrons. The van der Waals surface area contributed by atoms with Crippen molar-refractivity contribution in [3.63, 3.8) is 0 Å². The van der Waals surface area contributed by atoms with Crippen LogP contribution in [0.3, 0.4) is 0 Å². The highest BCUT2D eigenvalue weighted by atomic mass is 19.4. The Morgan fingerprint density at radius 2 is 1.88 bits per heavy atom. The van der Waals surface area contributed by atoms with E-state index in [0.29, 0.717) is 0 Å². The third-order valence-corrected chi connectivity index (χ3v) is 1.86. The van der Waals surface area contributed by atoms with Crippen molar-refractivity contribution < 1.29 is 18.0 Å². The number of nitrogens with zero attached hydrogens (tertiary/aromatic N) is 2. The SMILES string of the molecule is FC(F)(F)c1ccccc1On1cccn1. The second kappa shape index (κ2) is 3.88. The van der Waals surface area contributed by atoms with E-state index in [9.17, 15) is 13.2 Å². The minimum absolute atomic E-state index is 0.279. The molecule has 3 nitrogen and oxygen atoms in total. The van der Waals surface area contributed by atoms with Crippen LogP contribution in [0, 0.1) is 0 Å². The van der Waals surface area contributed by atoms with E-state index >= 15 is 0 Å². The van der Waals surface area contributed by atoms with Crippen molar-refractivity contribution in [1.29, 1.82) is 0 Å². The van der Waals surface area contributed by atoms with Crippen LogP contribution in [0.1, 0.15) is 5.56 Å². The van der Waals surface area contributed by atoms with Crippen LogP contribution in [-0.4, -0.2) is 9.94 Å². The lowest BCUT2D eigenvalue weighted by molar-refractivity contribution is -0.139. The predicted molar refractivity (Wildman–Crippen MR) is 49.7 cm³/mol. The van der Waals surface area contributed by atoms with E-state index in [1.807, 2.05) is 0 Å². The summed E-state index contributed by atoms with van der Waals surface area (Å²) in [5, 5.41) is 3.66. The van der Waals surface area contributed by atoms with Gasteiger partial charge in [0.1, 0.15) is 5.56 Å². The highest BCUT2D eigenvalue weighted by Gasteiger charge is 2.34. The first-order valence-electron chi connectivity index (χ1n) is 4.41. The summed E-state index contributed by atoms with van der Waals surface area (Å²) < 4.78 is 37.7. The minimum Gasteiger partial charge on any atom is -0.357 e. The summed E-state index contributed by atoms with van der Waals surface area (Å²) in [6.07, 6.45) is -1.62. The van der Waals surface area contributed by atoms with Crippen LogP contribution < -0.4 is 4.84 Å². The van der Waals surface area contributed by atoms with Gasteiger partial charge < -0.3 is 4.84 Å². The number of aromatic nitrogens is 2. The van der Waals surface area contributed by atoms with Gasteiger partial charge in [0.05, 0.1) is 12.4 Å². The van der Waals surface area contributed by atoms with Gasteiger partial charge in [0.2, 0.25) is 0 Å². The van der Waals surface area contributed by atoms with Crippen LogP contribution in [0.5, 0.6) is 5.75 Å². The van der Waals surface area contributed by atoms with E-state index in [4.69, 9.17) is 4.84 Å². The second-order valence-electron chi connectivity index (χ2n) is 2.99. The van der Waals surface area contributed by atoms with Crippen molar-refractivity contribution in [2.24, 2.45) is 0 Å². The van der Waals surface area contributed by atoms with E-state index in [-0.39, 0.29) is 5.75 Å². The smallest absolute Gasteiger partial charge is 0.357 e. The molecule has 0 radical (unpaired) electrons. The van der Waals surface area contributed by atoms with Crippen LogP contribution in [-0.2, 0) is 6.18 Å². The summed E-state index contributed by atoms with van der Waals surface area (Å²) in [6, 6.07) is 6.52. The van der Waals surface area contributed by atoms with Gasteiger partial charge in [-0.3, -0.25) is 0 Å². The molecule has 1 aromatic carbocycles. The van der Waals surface area contributed by atoms with E-state index in [0.717, 1.165) is 10.9 Å². The van der Waals surface area contributed by atoms with Gasteiger partial charge in [-0.2, -0.15) is 13.2 Å². The monoisotopic (exact) mass is 228 g/mol. The maximum atomic E-state index is 12.6. The number of para-hydroxylation sites is 1. The molecule has 0 bridgehead atoms. The molecule has 0 spiro atoms. The Morgan fingerprint density at radius 3 is 2.50 bits per heavy atom. The van der Waals surface area contributed by atoms with Gasteiger partial charge in [0.15, 0.2) is 5.75 Å². The van der Waals surface area contributed by atoms with Crippen molar-refractivity contribution in [3.8, 4) is 5.75 Å². The molecule has 0 unspecified atom stereocenters. The first-order valence-corrected chi connectivity index (χ1v) is 4.41. The van der Waals surface area contributed by atoms with E-state index in [1.54, 1.807) is 6.07 Å². The lowest BCUT2D eigenvalue weighted by Gasteiger charge is -2.12. The second-order valence-corrected chi connectivity index (χ2v) is 2.99. The number of halogens is 3. The van der Waals surface area contributed by atoms with E-state index in [2.05, 4.69) is 5.10 Å². The van der Waals surface area contributed by atoms with Gasteiger partial charge in [-0.1, -0.05) is 12.1 Å². The van der Waals surface area contributed by atoms with Gasteiger partial charge in [0.25, 0.3) is 0 Å². The molecule has 0 atom stereocenters. The van der Waals surface area contributed by atoms with E-state index in [1.165, 1.54) is 30.6 Å². The summed E-state index contributed by atoms with van der Waals surface area (Å²) in [6.45, 7) is 0. The Morgan fingerprint density at radius 1 is 1.12 bits per heavy atom. The molecular formula is C10H7F3N2O. The zero-order chi connectivity index (χ0) is 11.6. The molecule has 6 heteroatoms. The Balaban J connectivity index is 2.34.